The molecule has 2 rings (SSSR count). The summed E-state index contributed by atoms with van der Waals surface area (Å²) in [6, 6.07) is 3.58. The summed E-state index contributed by atoms with van der Waals surface area (Å²) in [7, 11) is 2.91. The molecule has 0 bridgehead atoms. The fraction of sp³-hybridized carbons (Fsp3) is 0.529. The average molecular weight is 337 g/mol. The molecule has 24 heavy (non-hydrogen) atoms. The van der Waals surface area contributed by atoms with E-state index in [0.717, 1.165) is 11.1 Å². The molecule has 0 fully saturated rings. The Hall–Kier alpha value is -2.28. The van der Waals surface area contributed by atoms with Crippen molar-refractivity contribution in [2.24, 2.45) is 0 Å². The van der Waals surface area contributed by atoms with E-state index in [4.69, 9.17) is 18.9 Å². The second-order valence-electron chi connectivity index (χ2n) is 5.32. The third kappa shape index (κ3) is 4.17. The molecule has 0 radical (unpaired) electrons. The number of fused-ring (bicyclic) bond motifs is 1. The number of nitrogens with zero attached hydrogens (tertiary/aromatic N) is 1. The van der Waals surface area contributed by atoms with E-state index in [2.05, 4.69) is 0 Å². The van der Waals surface area contributed by atoms with Crippen LogP contribution in [0.3, 0.4) is 0 Å². The van der Waals surface area contributed by atoms with Gasteiger partial charge in [-0.3, -0.25) is 0 Å². The normalized spacial score (nSPS) is 13.2. The average Bonchev–Trinajstić information content (AvgIpc) is 2.60. The lowest BCUT2D eigenvalue weighted by Crippen LogP contribution is -2.36. The monoisotopic (exact) mass is 337 g/mol. The molecule has 0 unspecified atom stereocenters. The summed E-state index contributed by atoms with van der Waals surface area (Å²) in [5, 5.41) is 0. The number of amides is 1. The number of hydrogen-bond acceptors (Lipinski definition) is 6. The summed E-state index contributed by atoms with van der Waals surface area (Å²) < 4.78 is 20.5. The molecule has 0 aliphatic carbocycles. The molecule has 132 valence electrons. The van der Waals surface area contributed by atoms with Crippen molar-refractivity contribution < 1.29 is 28.5 Å². The molecule has 0 aromatic heterocycles. The van der Waals surface area contributed by atoms with Crippen LogP contribution in [0.15, 0.2) is 12.1 Å². The Morgan fingerprint density at radius 3 is 2.62 bits per heavy atom. The standard InChI is InChI=1S/C17H23NO6/c1-4-23-17(20)18-6-5-12-10-15(24-8-7-21-2)14(16(19)22-3)9-13(12)11-18/h9-10H,4-8,11H2,1-3H3. The van der Waals surface area contributed by atoms with Crippen LogP contribution in [0.25, 0.3) is 0 Å². The van der Waals surface area contributed by atoms with Crippen LogP contribution < -0.4 is 4.74 Å². The Morgan fingerprint density at radius 2 is 1.96 bits per heavy atom. The number of esters is 1. The molecule has 1 amide bonds. The molecule has 1 aliphatic heterocycles. The Balaban J connectivity index is 2.25. The third-order valence-corrected chi connectivity index (χ3v) is 3.79. The van der Waals surface area contributed by atoms with E-state index < -0.39 is 5.97 Å². The van der Waals surface area contributed by atoms with E-state index in [-0.39, 0.29) is 6.09 Å². The van der Waals surface area contributed by atoms with Crippen molar-refractivity contribution in [3.63, 3.8) is 0 Å². The highest BCUT2D eigenvalue weighted by Gasteiger charge is 2.25. The topological polar surface area (TPSA) is 74.3 Å². The van der Waals surface area contributed by atoms with Crippen LogP contribution in [-0.4, -0.2) is 57.5 Å². The van der Waals surface area contributed by atoms with Gasteiger partial charge in [0.05, 0.1) is 20.3 Å². The zero-order valence-corrected chi connectivity index (χ0v) is 14.3. The van der Waals surface area contributed by atoms with Crippen molar-refractivity contribution in [2.45, 2.75) is 19.9 Å². The Kier molecular flexibility index (Phi) is 6.43. The van der Waals surface area contributed by atoms with Gasteiger partial charge < -0.3 is 23.8 Å². The van der Waals surface area contributed by atoms with Gasteiger partial charge in [0, 0.05) is 20.2 Å². The predicted octanol–water partition coefficient (Wildman–Crippen LogP) is 2.01. The van der Waals surface area contributed by atoms with Crippen LogP contribution >= 0.6 is 0 Å². The first kappa shape index (κ1) is 18.1. The Bertz CT molecular complexity index is 601. The maximum absolute atomic E-state index is 12.0. The minimum Gasteiger partial charge on any atom is -0.490 e. The summed E-state index contributed by atoms with van der Waals surface area (Å²) in [6.45, 7) is 3.84. The third-order valence-electron chi connectivity index (χ3n) is 3.79. The number of carbonyl (C=O) groups is 2. The summed E-state index contributed by atoms with van der Waals surface area (Å²) >= 11 is 0. The fourth-order valence-corrected chi connectivity index (χ4v) is 2.58. The lowest BCUT2D eigenvalue weighted by Gasteiger charge is -2.29. The molecule has 0 spiro atoms. The van der Waals surface area contributed by atoms with Crippen LogP contribution in [0.2, 0.25) is 0 Å². The van der Waals surface area contributed by atoms with Gasteiger partial charge in [-0.1, -0.05) is 0 Å². The molecule has 0 atom stereocenters. The SMILES string of the molecule is CCOC(=O)N1CCc2cc(OCCOC)c(C(=O)OC)cc2C1. The smallest absolute Gasteiger partial charge is 0.410 e. The summed E-state index contributed by atoms with van der Waals surface area (Å²) in [4.78, 5) is 25.6. The van der Waals surface area contributed by atoms with Gasteiger partial charge in [-0.15, -0.1) is 0 Å². The molecule has 1 aromatic rings. The lowest BCUT2D eigenvalue weighted by atomic mass is 9.96. The van der Waals surface area contributed by atoms with Crippen LogP contribution in [-0.2, 0) is 27.2 Å². The number of hydrogen-bond donors (Lipinski definition) is 0. The van der Waals surface area contributed by atoms with Gasteiger partial charge >= 0.3 is 12.1 Å². The molecule has 0 saturated heterocycles. The number of ether oxygens (including phenoxy) is 4. The van der Waals surface area contributed by atoms with Gasteiger partial charge in [0.15, 0.2) is 0 Å². The Morgan fingerprint density at radius 1 is 1.17 bits per heavy atom. The molecule has 1 heterocycles. The molecule has 1 aliphatic rings. The van der Waals surface area contributed by atoms with Crippen molar-refractivity contribution in [3.05, 3.63) is 28.8 Å². The maximum atomic E-state index is 12.0. The quantitative estimate of drug-likeness (QED) is 0.584. The zero-order valence-electron chi connectivity index (χ0n) is 14.3. The molecule has 7 nitrogen and oxygen atoms in total. The van der Waals surface area contributed by atoms with Gasteiger partial charge in [-0.2, -0.15) is 0 Å². The van der Waals surface area contributed by atoms with Gasteiger partial charge in [-0.05, 0) is 36.6 Å². The zero-order chi connectivity index (χ0) is 17.5. The number of methoxy groups -OCH3 is 2. The van der Waals surface area contributed by atoms with Crippen molar-refractivity contribution in [1.29, 1.82) is 0 Å². The van der Waals surface area contributed by atoms with E-state index in [1.54, 1.807) is 25.0 Å². The minimum atomic E-state index is -0.474. The van der Waals surface area contributed by atoms with E-state index in [0.29, 0.717) is 50.6 Å². The van der Waals surface area contributed by atoms with E-state index in [1.807, 2.05) is 6.07 Å². The van der Waals surface area contributed by atoms with Crippen LogP contribution in [0.5, 0.6) is 5.75 Å². The second-order valence-corrected chi connectivity index (χ2v) is 5.32. The van der Waals surface area contributed by atoms with Gasteiger partial charge in [0.25, 0.3) is 0 Å². The summed E-state index contributed by atoms with van der Waals surface area (Å²) in [6.07, 6.45) is 0.333. The number of rotatable bonds is 6. The van der Waals surface area contributed by atoms with Crippen LogP contribution in [0.1, 0.15) is 28.4 Å². The first-order valence-corrected chi connectivity index (χ1v) is 7.88. The molecule has 0 saturated carbocycles. The molecule has 7 heteroatoms. The van der Waals surface area contributed by atoms with E-state index in [1.165, 1.54) is 7.11 Å². The fourth-order valence-electron chi connectivity index (χ4n) is 2.58. The van der Waals surface area contributed by atoms with Crippen molar-refractivity contribution in [2.75, 3.05) is 40.6 Å². The first-order chi connectivity index (χ1) is 11.6. The van der Waals surface area contributed by atoms with Gasteiger partial charge in [-0.25, -0.2) is 9.59 Å². The van der Waals surface area contributed by atoms with E-state index >= 15 is 0 Å². The number of benzene rings is 1. The largest absolute Gasteiger partial charge is 0.490 e. The van der Waals surface area contributed by atoms with Crippen molar-refractivity contribution in [3.8, 4) is 5.75 Å². The molecule has 0 N–H and O–H groups in total. The highest BCUT2D eigenvalue weighted by Crippen LogP contribution is 2.29. The predicted molar refractivity (Wildman–Crippen MR) is 86.3 cm³/mol. The highest BCUT2D eigenvalue weighted by molar-refractivity contribution is 5.93. The molecule has 1 aromatic carbocycles. The molecular weight excluding hydrogens is 314 g/mol. The van der Waals surface area contributed by atoms with Crippen LogP contribution in [0, 0.1) is 0 Å². The van der Waals surface area contributed by atoms with Gasteiger partial charge in [0.2, 0.25) is 0 Å². The maximum Gasteiger partial charge on any atom is 0.410 e. The van der Waals surface area contributed by atoms with Gasteiger partial charge in [0.1, 0.15) is 17.9 Å². The van der Waals surface area contributed by atoms with Crippen molar-refractivity contribution >= 4 is 12.1 Å². The Labute approximate surface area is 141 Å². The summed E-state index contributed by atoms with van der Waals surface area (Å²) in [5.74, 6) is 0.000657. The van der Waals surface area contributed by atoms with E-state index in [9.17, 15) is 9.59 Å². The molecular formula is C17H23NO6. The van der Waals surface area contributed by atoms with Crippen molar-refractivity contribution in [1.82, 2.24) is 4.90 Å². The number of carbonyl (C=O) groups excluding carboxylic acids is 2. The lowest BCUT2D eigenvalue weighted by molar-refractivity contribution is 0.0593. The minimum absolute atomic E-state index is 0.335. The first-order valence-electron chi connectivity index (χ1n) is 7.88. The second kappa shape index (κ2) is 8.54. The van der Waals surface area contributed by atoms with Crippen LogP contribution in [0.4, 0.5) is 4.79 Å². The highest BCUT2D eigenvalue weighted by atomic mass is 16.6. The summed E-state index contributed by atoms with van der Waals surface area (Å²) in [5.41, 5.74) is 2.29.